The van der Waals surface area contributed by atoms with E-state index < -0.39 is 41.0 Å². The summed E-state index contributed by atoms with van der Waals surface area (Å²) in [6.07, 6.45) is 0.439. The average Bonchev–Trinajstić information content (AvgIpc) is 3.42. The first kappa shape index (κ1) is 28.6. The molecule has 2 aromatic rings. The number of carbonyl (C=O) groups excluding carboxylic acids is 3. The first-order valence-electron chi connectivity index (χ1n) is 14.0. The number of fused-ring (bicyclic) bond motifs is 1. The van der Waals surface area contributed by atoms with Crippen molar-refractivity contribution in [2.24, 2.45) is 23.7 Å². The van der Waals surface area contributed by atoms with Gasteiger partial charge in [-0.1, -0.05) is 74.8 Å². The molecule has 8 nitrogen and oxygen atoms in total. The van der Waals surface area contributed by atoms with E-state index in [1.807, 2.05) is 71.0 Å². The number of hydrogen-bond acceptors (Lipinski definition) is 5. The Kier molecular flexibility index (Phi) is 7.48. The maximum atomic E-state index is 14.4. The zero-order valence-electron chi connectivity index (χ0n) is 23.6. The molecule has 1 spiro atoms. The number of nitrogens with one attached hydrogen (secondary N) is 2. The highest BCUT2D eigenvalue weighted by atomic mass is 35.5. The van der Waals surface area contributed by atoms with Gasteiger partial charge < -0.3 is 25.4 Å². The molecule has 3 aliphatic rings. The van der Waals surface area contributed by atoms with Gasteiger partial charge in [-0.15, -0.1) is 0 Å². The lowest BCUT2D eigenvalue weighted by atomic mass is 9.62. The second kappa shape index (κ2) is 10.5. The SMILES string of the molecule is Cc1cccc(Cl)c1NC(=O)C1N([C@@H](CO)C(C)C)C(=O)[C@@H]2[C@H](C(=O)NCc3ccccc3)[C@@]3(C)OC12CC3C. The van der Waals surface area contributed by atoms with E-state index in [0.29, 0.717) is 23.7 Å². The lowest BCUT2D eigenvalue weighted by Crippen LogP contribution is -2.57. The number of ether oxygens (including phenoxy) is 1. The average molecular weight is 568 g/mol. The summed E-state index contributed by atoms with van der Waals surface area (Å²) in [4.78, 5) is 43.9. The van der Waals surface area contributed by atoms with Gasteiger partial charge in [0, 0.05) is 6.54 Å². The molecule has 3 heterocycles. The van der Waals surface area contributed by atoms with Crippen LogP contribution in [-0.2, 0) is 25.7 Å². The summed E-state index contributed by atoms with van der Waals surface area (Å²) in [6, 6.07) is 13.2. The first-order chi connectivity index (χ1) is 19.0. The highest BCUT2D eigenvalue weighted by Gasteiger charge is 2.80. The van der Waals surface area contributed by atoms with E-state index in [0.717, 1.165) is 11.1 Å². The number of rotatable bonds is 8. The quantitative estimate of drug-likeness (QED) is 0.448. The molecule has 2 aromatic carbocycles. The molecule has 3 saturated heterocycles. The Morgan fingerprint density at radius 2 is 1.85 bits per heavy atom. The Morgan fingerprint density at radius 1 is 1.15 bits per heavy atom. The van der Waals surface area contributed by atoms with Gasteiger partial charge in [-0.3, -0.25) is 14.4 Å². The number of aliphatic hydroxyl groups is 1. The largest absolute Gasteiger partial charge is 0.394 e. The summed E-state index contributed by atoms with van der Waals surface area (Å²) in [5, 5.41) is 16.8. The molecule has 3 N–H and O–H groups in total. The van der Waals surface area contributed by atoms with Gasteiger partial charge in [0.2, 0.25) is 17.7 Å². The number of halogens is 1. The molecule has 2 bridgehead atoms. The van der Waals surface area contributed by atoms with Crippen LogP contribution in [0.15, 0.2) is 48.5 Å². The predicted molar refractivity (Wildman–Crippen MR) is 152 cm³/mol. The fourth-order valence-electron chi connectivity index (χ4n) is 7.23. The number of anilines is 1. The lowest BCUT2D eigenvalue weighted by Gasteiger charge is -2.38. The molecule has 3 unspecified atom stereocenters. The van der Waals surface area contributed by atoms with Crippen molar-refractivity contribution in [1.82, 2.24) is 10.2 Å². The number of carbonyl (C=O) groups is 3. The van der Waals surface area contributed by atoms with E-state index in [2.05, 4.69) is 10.6 Å². The Morgan fingerprint density at radius 3 is 2.48 bits per heavy atom. The topological polar surface area (TPSA) is 108 Å². The van der Waals surface area contributed by atoms with E-state index in [1.165, 1.54) is 4.90 Å². The van der Waals surface area contributed by atoms with Crippen LogP contribution in [0.4, 0.5) is 5.69 Å². The van der Waals surface area contributed by atoms with Crippen LogP contribution < -0.4 is 10.6 Å². The normalized spacial score (nSPS) is 31.4. The van der Waals surface area contributed by atoms with Crippen LogP contribution in [0.5, 0.6) is 0 Å². The van der Waals surface area contributed by atoms with E-state index in [9.17, 15) is 19.5 Å². The highest BCUT2D eigenvalue weighted by molar-refractivity contribution is 6.34. The minimum Gasteiger partial charge on any atom is -0.394 e. The van der Waals surface area contributed by atoms with Crippen LogP contribution in [-0.4, -0.2) is 57.6 Å². The van der Waals surface area contributed by atoms with Gasteiger partial charge in [-0.25, -0.2) is 0 Å². The van der Waals surface area contributed by atoms with Gasteiger partial charge >= 0.3 is 0 Å². The number of aryl methyl sites for hydroxylation is 1. The van der Waals surface area contributed by atoms with Crippen molar-refractivity contribution in [2.75, 3.05) is 11.9 Å². The first-order valence-corrected chi connectivity index (χ1v) is 14.3. The summed E-state index contributed by atoms with van der Waals surface area (Å²) < 4.78 is 6.78. The van der Waals surface area contributed by atoms with Gasteiger partial charge in [-0.05, 0) is 49.3 Å². The van der Waals surface area contributed by atoms with Gasteiger partial charge in [-0.2, -0.15) is 0 Å². The molecule has 3 amide bonds. The number of likely N-dealkylation sites (tertiary alicyclic amines) is 1. The minimum atomic E-state index is -1.22. The van der Waals surface area contributed by atoms with Crippen molar-refractivity contribution in [3.05, 3.63) is 64.7 Å². The molecular formula is C31H38ClN3O5. The second-order valence-corrected chi connectivity index (χ2v) is 12.5. The van der Waals surface area contributed by atoms with Crippen LogP contribution in [0.25, 0.3) is 0 Å². The number of amides is 3. The molecule has 0 radical (unpaired) electrons. The zero-order chi connectivity index (χ0) is 29.0. The molecule has 214 valence electrons. The van der Waals surface area contributed by atoms with Gasteiger partial charge in [0.15, 0.2) is 0 Å². The Bertz CT molecular complexity index is 1300. The smallest absolute Gasteiger partial charge is 0.250 e. The van der Waals surface area contributed by atoms with E-state index in [-0.39, 0.29) is 30.3 Å². The van der Waals surface area contributed by atoms with Crippen molar-refractivity contribution >= 4 is 35.0 Å². The van der Waals surface area contributed by atoms with Crippen molar-refractivity contribution in [1.29, 1.82) is 0 Å². The van der Waals surface area contributed by atoms with Crippen LogP contribution in [0.2, 0.25) is 5.02 Å². The molecule has 0 aliphatic carbocycles. The summed E-state index contributed by atoms with van der Waals surface area (Å²) >= 11 is 6.45. The Labute approximate surface area is 240 Å². The molecule has 3 fully saturated rings. The van der Waals surface area contributed by atoms with Crippen molar-refractivity contribution < 1.29 is 24.2 Å². The molecule has 7 atom stereocenters. The summed E-state index contributed by atoms with van der Waals surface area (Å²) in [6.45, 7) is 9.54. The van der Waals surface area contributed by atoms with Gasteiger partial charge in [0.1, 0.15) is 11.6 Å². The maximum Gasteiger partial charge on any atom is 0.250 e. The molecule has 9 heteroatoms. The molecule has 3 aliphatic heterocycles. The van der Waals surface area contributed by atoms with Crippen molar-refractivity contribution in [3.63, 3.8) is 0 Å². The van der Waals surface area contributed by atoms with Crippen LogP contribution in [0.1, 0.15) is 45.2 Å². The minimum absolute atomic E-state index is 0.0899. The summed E-state index contributed by atoms with van der Waals surface area (Å²) in [7, 11) is 0. The molecule has 0 aromatic heterocycles. The lowest BCUT2D eigenvalue weighted by molar-refractivity contribution is -0.150. The number of nitrogens with zero attached hydrogens (tertiary/aromatic N) is 1. The third-order valence-corrected chi connectivity index (χ3v) is 9.69. The molecule has 40 heavy (non-hydrogen) atoms. The van der Waals surface area contributed by atoms with E-state index in [4.69, 9.17) is 16.3 Å². The standard InChI is InChI=1S/C31H38ClN3O5/c1-17(2)22(16-36)35-26(28(38)34-25-18(3)10-9-13-21(25)32)31-14-19(4)30(5,40-31)23(24(31)29(35)39)27(37)33-15-20-11-7-6-8-12-20/h6-13,17,19,22-24,26,36H,14-16H2,1-5H3,(H,33,37)(H,34,38)/t19?,22-,23+,24-,26?,30-,31?/m0/s1. The van der Waals surface area contributed by atoms with E-state index >= 15 is 0 Å². The third kappa shape index (κ3) is 4.32. The van der Waals surface area contributed by atoms with Gasteiger partial charge in [0.05, 0.1) is 40.8 Å². The van der Waals surface area contributed by atoms with Crippen LogP contribution in [0, 0.1) is 30.6 Å². The number of para-hydroxylation sites is 1. The van der Waals surface area contributed by atoms with Crippen molar-refractivity contribution in [2.45, 2.75) is 70.9 Å². The van der Waals surface area contributed by atoms with Crippen LogP contribution >= 0.6 is 11.6 Å². The monoisotopic (exact) mass is 567 g/mol. The van der Waals surface area contributed by atoms with Crippen molar-refractivity contribution in [3.8, 4) is 0 Å². The van der Waals surface area contributed by atoms with E-state index in [1.54, 1.807) is 12.1 Å². The fraction of sp³-hybridized carbons (Fsp3) is 0.516. The number of aliphatic hydroxyl groups excluding tert-OH is 1. The molecular weight excluding hydrogens is 530 g/mol. The zero-order valence-corrected chi connectivity index (χ0v) is 24.4. The second-order valence-electron chi connectivity index (χ2n) is 12.1. The predicted octanol–water partition coefficient (Wildman–Crippen LogP) is 3.93. The fourth-order valence-corrected chi connectivity index (χ4v) is 7.50. The Balaban J connectivity index is 1.55. The van der Waals surface area contributed by atoms with Gasteiger partial charge in [0.25, 0.3) is 0 Å². The number of hydrogen-bond donors (Lipinski definition) is 3. The number of benzene rings is 2. The molecule has 5 rings (SSSR count). The Hall–Kier alpha value is -2.94. The highest BCUT2D eigenvalue weighted by Crippen LogP contribution is 2.65. The maximum absolute atomic E-state index is 14.4. The molecule has 0 saturated carbocycles. The third-order valence-electron chi connectivity index (χ3n) is 9.38. The van der Waals surface area contributed by atoms with Crippen LogP contribution in [0.3, 0.4) is 0 Å². The summed E-state index contributed by atoms with van der Waals surface area (Å²) in [5.74, 6) is -2.93. The summed E-state index contributed by atoms with van der Waals surface area (Å²) in [5.41, 5.74) is 0.0406.